The Balaban J connectivity index is 1.60. The zero-order chi connectivity index (χ0) is 24.3. The summed E-state index contributed by atoms with van der Waals surface area (Å²) >= 11 is 7.05. The van der Waals surface area contributed by atoms with E-state index < -0.39 is 18.1 Å². The lowest BCUT2D eigenvalue weighted by Crippen LogP contribution is -2.31. The van der Waals surface area contributed by atoms with Gasteiger partial charge in [0.25, 0.3) is 5.91 Å². The highest BCUT2D eigenvalue weighted by atomic mass is 35.5. The van der Waals surface area contributed by atoms with Crippen LogP contribution in [0.5, 0.6) is 5.75 Å². The third kappa shape index (κ3) is 5.67. The van der Waals surface area contributed by atoms with Gasteiger partial charge in [0, 0.05) is 16.6 Å². The summed E-state index contributed by atoms with van der Waals surface area (Å²) in [5.41, 5.74) is 0.508. The van der Waals surface area contributed by atoms with Crippen molar-refractivity contribution in [1.29, 1.82) is 0 Å². The van der Waals surface area contributed by atoms with Gasteiger partial charge in [-0.1, -0.05) is 23.7 Å². The Bertz CT molecular complexity index is 1310. The molecule has 0 spiro atoms. The SMILES string of the molecule is O=C(c1cncc(Cl)n1)N(Cc1cnc(-c2ccc(OC(F)(F)F)cc2)s1)c1ccccc1F. The first kappa shape index (κ1) is 23.6. The average Bonchev–Trinajstić information content (AvgIpc) is 3.26. The molecular weight excluding hydrogens is 496 g/mol. The quantitative estimate of drug-likeness (QED) is 0.293. The van der Waals surface area contributed by atoms with Crippen LogP contribution in [0.2, 0.25) is 5.15 Å². The van der Waals surface area contributed by atoms with Crippen LogP contribution in [-0.2, 0) is 6.54 Å². The molecule has 0 aliphatic carbocycles. The second kappa shape index (κ2) is 9.74. The number of nitrogens with zero attached hydrogens (tertiary/aromatic N) is 4. The molecule has 0 N–H and O–H groups in total. The molecule has 4 aromatic rings. The second-order valence-corrected chi connectivity index (χ2v) is 8.28. The molecule has 0 bridgehead atoms. The number of carbonyl (C=O) groups excluding carboxylic acids is 1. The van der Waals surface area contributed by atoms with Crippen molar-refractivity contribution >= 4 is 34.5 Å². The topological polar surface area (TPSA) is 68.2 Å². The van der Waals surface area contributed by atoms with E-state index in [2.05, 4.69) is 19.7 Å². The van der Waals surface area contributed by atoms with Gasteiger partial charge in [0.2, 0.25) is 0 Å². The van der Waals surface area contributed by atoms with Crippen LogP contribution in [0.1, 0.15) is 15.4 Å². The number of hydrogen-bond donors (Lipinski definition) is 0. The smallest absolute Gasteiger partial charge is 0.406 e. The van der Waals surface area contributed by atoms with Crippen molar-refractivity contribution in [3.63, 3.8) is 0 Å². The van der Waals surface area contributed by atoms with Gasteiger partial charge in [0.15, 0.2) is 0 Å². The number of halogens is 5. The zero-order valence-corrected chi connectivity index (χ0v) is 18.5. The minimum atomic E-state index is -4.79. The van der Waals surface area contributed by atoms with Crippen LogP contribution in [-0.4, -0.2) is 27.2 Å². The number of rotatable bonds is 6. The predicted molar refractivity (Wildman–Crippen MR) is 118 cm³/mol. The molecule has 6 nitrogen and oxygen atoms in total. The van der Waals surface area contributed by atoms with Gasteiger partial charge in [0.05, 0.1) is 24.6 Å². The van der Waals surface area contributed by atoms with Crippen LogP contribution in [0.25, 0.3) is 10.6 Å². The van der Waals surface area contributed by atoms with Crippen LogP contribution in [0, 0.1) is 5.82 Å². The number of carbonyl (C=O) groups is 1. The summed E-state index contributed by atoms with van der Waals surface area (Å²) in [5.74, 6) is -1.59. The number of ether oxygens (including phenoxy) is 1. The Kier molecular flexibility index (Phi) is 6.75. The van der Waals surface area contributed by atoms with E-state index in [9.17, 15) is 22.4 Å². The molecule has 2 aromatic carbocycles. The number of benzene rings is 2. The molecule has 0 aliphatic rings. The highest BCUT2D eigenvalue weighted by Gasteiger charge is 2.31. The van der Waals surface area contributed by atoms with Crippen LogP contribution >= 0.6 is 22.9 Å². The van der Waals surface area contributed by atoms with Crippen molar-refractivity contribution in [3.8, 4) is 16.3 Å². The number of alkyl halides is 3. The molecule has 12 heteroatoms. The van der Waals surface area contributed by atoms with E-state index in [-0.39, 0.29) is 28.8 Å². The van der Waals surface area contributed by atoms with Gasteiger partial charge in [-0.3, -0.25) is 14.7 Å². The van der Waals surface area contributed by atoms with E-state index in [0.29, 0.717) is 15.4 Å². The lowest BCUT2D eigenvalue weighted by Gasteiger charge is -2.22. The van der Waals surface area contributed by atoms with Crippen LogP contribution in [0.3, 0.4) is 0 Å². The Morgan fingerprint density at radius 2 is 1.79 bits per heavy atom. The van der Waals surface area contributed by atoms with E-state index in [4.69, 9.17) is 11.6 Å². The maximum absolute atomic E-state index is 14.6. The third-order valence-corrected chi connectivity index (χ3v) is 5.63. The first-order chi connectivity index (χ1) is 16.2. The summed E-state index contributed by atoms with van der Waals surface area (Å²) in [4.78, 5) is 27.0. The molecule has 1 amide bonds. The van der Waals surface area contributed by atoms with E-state index >= 15 is 0 Å². The van der Waals surface area contributed by atoms with E-state index in [0.717, 1.165) is 0 Å². The van der Waals surface area contributed by atoms with E-state index in [1.165, 1.54) is 77.3 Å². The molecular formula is C22H13ClF4N4O2S. The number of anilines is 1. The molecule has 0 radical (unpaired) electrons. The maximum atomic E-state index is 14.6. The summed E-state index contributed by atoms with van der Waals surface area (Å²) in [7, 11) is 0. The molecule has 0 saturated carbocycles. The Labute approximate surface area is 199 Å². The zero-order valence-electron chi connectivity index (χ0n) is 17.0. The molecule has 0 atom stereocenters. The highest BCUT2D eigenvalue weighted by Crippen LogP contribution is 2.31. The van der Waals surface area contributed by atoms with Crippen molar-refractivity contribution in [1.82, 2.24) is 15.0 Å². The van der Waals surface area contributed by atoms with Gasteiger partial charge < -0.3 is 4.74 Å². The first-order valence-corrected chi connectivity index (χ1v) is 10.7. The van der Waals surface area contributed by atoms with Crippen LogP contribution < -0.4 is 9.64 Å². The Hall–Kier alpha value is -3.57. The maximum Gasteiger partial charge on any atom is 0.573 e. The van der Waals surface area contributed by atoms with E-state index in [1.54, 1.807) is 6.07 Å². The lowest BCUT2D eigenvalue weighted by atomic mass is 10.2. The minimum Gasteiger partial charge on any atom is -0.406 e. The summed E-state index contributed by atoms with van der Waals surface area (Å²) in [6.45, 7) is -0.0408. The lowest BCUT2D eigenvalue weighted by molar-refractivity contribution is -0.274. The normalized spacial score (nSPS) is 11.3. The van der Waals surface area contributed by atoms with Crippen molar-refractivity contribution in [2.24, 2.45) is 0 Å². The molecule has 0 unspecified atom stereocenters. The van der Waals surface area contributed by atoms with Gasteiger partial charge in [-0.15, -0.1) is 24.5 Å². The second-order valence-electron chi connectivity index (χ2n) is 6.77. The van der Waals surface area contributed by atoms with Crippen LogP contribution in [0.15, 0.2) is 67.1 Å². The molecule has 2 heterocycles. The van der Waals surface area contributed by atoms with Crippen molar-refractivity contribution < 1.29 is 27.1 Å². The van der Waals surface area contributed by atoms with Crippen molar-refractivity contribution in [3.05, 3.63) is 88.7 Å². The van der Waals surface area contributed by atoms with Gasteiger partial charge in [-0.25, -0.2) is 14.4 Å². The molecule has 174 valence electrons. The molecule has 0 saturated heterocycles. The summed E-state index contributed by atoms with van der Waals surface area (Å²) in [6, 6.07) is 11.0. The van der Waals surface area contributed by atoms with Gasteiger partial charge >= 0.3 is 6.36 Å². The fourth-order valence-electron chi connectivity index (χ4n) is 2.99. The number of thiazole rings is 1. The summed E-state index contributed by atoms with van der Waals surface area (Å²) < 4.78 is 55.5. The molecule has 2 aromatic heterocycles. The summed E-state index contributed by atoms with van der Waals surface area (Å²) in [5, 5.41) is 0.509. The largest absolute Gasteiger partial charge is 0.573 e. The number of amides is 1. The van der Waals surface area contributed by atoms with E-state index in [1.807, 2.05) is 0 Å². The number of hydrogen-bond acceptors (Lipinski definition) is 6. The number of aromatic nitrogens is 3. The molecule has 34 heavy (non-hydrogen) atoms. The van der Waals surface area contributed by atoms with Gasteiger partial charge in [-0.2, -0.15) is 0 Å². The third-order valence-electron chi connectivity index (χ3n) is 4.42. The monoisotopic (exact) mass is 508 g/mol. The minimum absolute atomic E-state index is 0.0114. The molecule has 4 rings (SSSR count). The van der Waals surface area contributed by atoms with Crippen molar-refractivity contribution in [2.45, 2.75) is 12.9 Å². The van der Waals surface area contributed by atoms with Gasteiger partial charge in [-0.05, 0) is 36.4 Å². The first-order valence-electron chi connectivity index (χ1n) is 9.54. The average molecular weight is 509 g/mol. The van der Waals surface area contributed by atoms with Crippen LogP contribution in [0.4, 0.5) is 23.2 Å². The predicted octanol–water partition coefficient (Wildman–Crippen LogP) is 6.14. The standard InChI is InChI=1S/C22H13ClF4N4O2S/c23-19-11-28-10-17(30-19)21(32)31(18-4-2-1-3-16(18)24)12-15-9-29-20(34-15)13-5-7-14(8-6-13)33-22(25,26)27/h1-11H,12H2. The highest BCUT2D eigenvalue weighted by molar-refractivity contribution is 7.15. The molecule has 0 aliphatic heterocycles. The fourth-order valence-corrected chi connectivity index (χ4v) is 4.04. The Morgan fingerprint density at radius 1 is 1.06 bits per heavy atom. The molecule has 0 fully saturated rings. The Morgan fingerprint density at radius 3 is 2.47 bits per heavy atom. The fraction of sp³-hybridized carbons (Fsp3) is 0.0909. The van der Waals surface area contributed by atoms with Gasteiger partial charge in [0.1, 0.15) is 27.4 Å². The van der Waals surface area contributed by atoms with Crippen molar-refractivity contribution in [2.75, 3.05) is 4.90 Å². The number of para-hydroxylation sites is 1. The summed E-state index contributed by atoms with van der Waals surface area (Å²) in [6.07, 6.45) is -0.784.